The molecule has 0 aliphatic carbocycles. The second-order valence-corrected chi connectivity index (χ2v) is 5.34. The van der Waals surface area contributed by atoms with Gasteiger partial charge in [0.15, 0.2) is 0 Å². The maximum Gasteiger partial charge on any atom is 0.147 e. The van der Waals surface area contributed by atoms with E-state index in [-0.39, 0.29) is 16.0 Å². The van der Waals surface area contributed by atoms with Crippen molar-refractivity contribution in [3.05, 3.63) is 50.9 Å². The number of para-hydroxylation sites is 1. The highest BCUT2D eigenvalue weighted by Crippen LogP contribution is 2.40. The molecule has 0 amide bonds. The van der Waals surface area contributed by atoms with Crippen molar-refractivity contribution in [2.75, 3.05) is 5.43 Å². The average molecular weight is 386 g/mol. The van der Waals surface area contributed by atoms with Gasteiger partial charge in [-0.3, -0.25) is 5.43 Å². The number of phenolic OH excluding ortho intramolecular Hbond substituents is 2. The summed E-state index contributed by atoms with van der Waals surface area (Å²) < 4.78 is 0.696. The van der Waals surface area contributed by atoms with Gasteiger partial charge in [-0.2, -0.15) is 5.10 Å². The van der Waals surface area contributed by atoms with Crippen LogP contribution in [0, 0.1) is 0 Å². The Balaban J connectivity index is 2.20. The molecule has 0 aromatic heterocycles. The van der Waals surface area contributed by atoms with Crippen LogP contribution in [-0.4, -0.2) is 16.4 Å². The Kier molecular flexibility index (Phi) is 4.44. The Morgan fingerprint density at radius 2 is 1.74 bits per heavy atom. The summed E-state index contributed by atoms with van der Waals surface area (Å²) in [7, 11) is 0. The summed E-state index contributed by atoms with van der Waals surface area (Å²) in [5.41, 5.74) is 4.15. The summed E-state index contributed by atoms with van der Waals surface area (Å²) in [6.45, 7) is 0. The molecule has 98 valence electrons. The minimum Gasteiger partial charge on any atom is -0.506 e. The van der Waals surface area contributed by atoms with Gasteiger partial charge in [0, 0.05) is 5.56 Å². The molecule has 0 heterocycles. The molecular formula is C13H10Br2N2O2. The molecule has 2 aromatic carbocycles. The van der Waals surface area contributed by atoms with E-state index < -0.39 is 0 Å². The van der Waals surface area contributed by atoms with Crippen LogP contribution in [-0.2, 0) is 0 Å². The molecule has 0 radical (unpaired) electrons. The summed E-state index contributed by atoms with van der Waals surface area (Å²) in [6.07, 6.45) is 1.47. The van der Waals surface area contributed by atoms with E-state index >= 15 is 0 Å². The highest BCUT2D eigenvalue weighted by atomic mass is 79.9. The number of aromatic hydroxyl groups is 2. The second-order valence-electron chi connectivity index (χ2n) is 3.69. The third kappa shape index (κ3) is 3.27. The van der Waals surface area contributed by atoms with E-state index in [4.69, 9.17) is 0 Å². The zero-order valence-electron chi connectivity index (χ0n) is 9.64. The van der Waals surface area contributed by atoms with Crippen LogP contribution in [0.2, 0.25) is 0 Å². The van der Waals surface area contributed by atoms with Crippen LogP contribution >= 0.6 is 31.9 Å². The van der Waals surface area contributed by atoms with Crippen molar-refractivity contribution >= 4 is 43.8 Å². The van der Waals surface area contributed by atoms with Crippen LogP contribution in [0.5, 0.6) is 11.5 Å². The van der Waals surface area contributed by atoms with Crippen molar-refractivity contribution in [1.82, 2.24) is 0 Å². The third-order valence-corrected chi connectivity index (χ3v) is 3.72. The molecule has 0 fully saturated rings. The van der Waals surface area contributed by atoms with Crippen molar-refractivity contribution in [2.24, 2.45) is 5.10 Å². The van der Waals surface area contributed by atoms with Gasteiger partial charge in [0.1, 0.15) is 16.0 Å². The van der Waals surface area contributed by atoms with Crippen LogP contribution in [0.15, 0.2) is 50.4 Å². The maximum atomic E-state index is 9.85. The fraction of sp³-hybridized carbons (Fsp3) is 0. The summed E-state index contributed by atoms with van der Waals surface area (Å²) in [6, 6.07) is 11.0. The molecule has 3 N–H and O–H groups in total. The van der Waals surface area contributed by atoms with Gasteiger partial charge in [-0.1, -0.05) is 18.2 Å². The zero-order valence-corrected chi connectivity index (χ0v) is 12.8. The molecule has 2 rings (SSSR count). The highest BCUT2D eigenvalue weighted by Gasteiger charge is 2.12. The number of hydrogen-bond acceptors (Lipinski definition) is 4. The molecule has 0 saturated heterocycles. The average Bonchev–Trinajstić information content (AvgIpc) is 2.43. The summed E-state index contributed by atoms with van der Waals surface area (Å²) in [5.74, 6) is -0.120. The van der Waals surface area contributed by atoms with E-state index in [9.17, 15) is 10.2 Å². The Hall–Kier alpha value is -1.53. The van der Waals surface area contributed by atoms with Gasteiger partial charge in [-0.25, -0.2) is 0 Å². The normalized spacial score (nSPS) is 10.8. The smallest absolute Gasteiger partial charge is 0.147 e. The zero-order chi connectivity index (χ0) is 13.8. The number of rotatable bonds is 3. The number of nitrogens with zero attached hydrogens (tertiary/aromatic N) is 1. The number of halogens is 2. The SMILES string of the molecule is Oc1c(Br)cc(/C=N\Nc2ccccc2)c(O)c1Br. The van der Waals surface area contributed by atoms with Gasteiger partial charge in [-0.15, -0.1) is 0 Å². The highest BCUT2D eigenvalue weighted by molar-refractivity contribution is 9.11. The van der Waals surface area contributed by atoms with Crippen molar-refractivity contribution < 1.29 is 10.2 Å². The Morgan fingerprint density at radius 3 is 2.42 bits per heavy atom. The number of hydrazone groups is 1. The molecule has 19 heavy (non-hydrogen) atoms. The van der Waals surface area contributed by atoms with E-state index in [1.807, 2.05) is 30.3 Å². The van der Waals surface area contributed by atoms with E-state index in [2.05, 4.69) is 42.4 Å². The molecule has 0 atom stereocenters. The van der Waals surface area contributed by atoms with Crippen LogP contribution in [0.3, 0.4) is 0 Å². The minimum atomic E-state index is -0.0701. The molecule has 0 unspecified atom stereocenters. The number of benzene rings is 2. The van der Waals surface area contributed by atoms with Crippen LogP contribution in [0.25, 0.3) is 0 Å². The number of hydrogen-bond donors (Lipinski definition) is 3. The van der Waals surface area contributed by atoms with Crippen molar-refractivity contribution in [3.63, 3.8) is 0 Å². The lowest BCUT2D eigenvalue weighted by Gasteiger charge is -2.06. The van der Waals surface area contributed by atoms with Crippen LogP contribution in [0.4, 0.5) is 5.69 Å². The Labute approximate surface area is 127 Å². The summed E-state index contributed by atoms with van der Waals surface area (Å²) >= 11 is 6.30. The summed E-state index contributed by atoms with van der Waals surface area (Å²) in [5, 5.41) is 23.5. The van der Waals surface area contributed by atoms with Crippen molar-refractivity contribution in [1.29, 1.82) is 0 Å². The topological polar surface area (TPSA) is 64.9 Å². The fourth-order valence-electron chi connectivity index (χ4n) is 1.40. The Morgan fingerprint density at radius 1 is 1.05 bits per heavy atom. The van der Waals surface area contributed by atoms with Gasteiger partial charge in [0.2, 0.25) is 0 Å². The number of nitrogens with one attached hydrogen (secondary N) is 1. The van der Waals surface area contributed by atoms with E-state index in [1.165, 1.54) is 6.21 Å². The second kappa shape index (κ2) is 6.08. The fourth-order valence-corrected chi connectivity index (χ4v) is 2.56. The van der Waals surface area contributed by atoms with Gasteiger partial charge in [0.05, 0.1) is 16.4 Å². The molecule has 0 spiro atoms. The van der Waals surface area contributed by atoms with Crippen molar-refractivity contribution in [2.45, 2.75) is 0 Å². The maximum absolute atomic E-state index is 9.85. The molecule has 2 aromatic rings. The van der Waals surface area contributed by atoms with Gasteiger partial charge >= 0.3 is 0 Å². The molecule has 0 aliphatic heterocycles. The standard InChI is InChI=1S/C13H10Br2N2O2/c14-10-6-8(12(18)11(15)13(10)19)7-16-17-9-4-2-1-3-5-9/h1-7,17-19H/b16-7-. The lowest BCUT2D eigenvalue weighted by molar-refractivity contribution is 0.442. The van der Waals surface area contributed by atoms with E-state index in [0.717, 1.165) is 5.69 Å². The van der Waals surface area contributed by atoms with Crippen LogP contribution < -0.4 is 5.43 Å². The lowest BCUT2D eigenvalue weighted by Crippen LogP contribution is -1.91. The first-order valence-electron chi connectivity index (χ1n) is 5.33. The molecule has 6 heteroatoms. The first-order chi connectivity index (χ1) is 9.09. The minimum absolute atomic E-state index is 0.0503. The van der Waals surface area contributed by atoms with Gasteiger partial charge in [-0.05, 0) is 50.1 Å². The number of anilines is 1. The largest absolute Gasteiger partial charge is 0.506 e. The quantitative estimate of drug-likeness (QED) is 0.551. The van der Waals surface area contributed by atoms with Gasteiger partial charge < -0.3 is 10.2 Å². The van der Waals surface area contributed by atoms with E-state index in [1.54, 1.807) is 6.07 Å². The molecule has 0 aliphatic rings. The monoisotopic (exact) mass is 384 g/mol. The van der Waals surface area contributed by atoms with E-state index in [0.29, 0.717) is 10.0 Å². The van der Waals surface area contributed by atoms with Crippen molar-refractivity contribution in [3.8, 4) is 11.5 Å². The van der Waals surface area contributed by atoms with Crippen LogP contribution in [0.1, 0.15) is 5.56 Å². The first-order valence-corrected chi connectivity index (χ1v) is 6.92. The first kappa shape index (κ1) is 13.9. The molecular weight excluding hydrogens is 376 g/mol. The Bertz CT molecular complexity index is 616. The predicted molar refractivity (Wildman–Crippen MR) is 82.8 cm³/mol. The number of phenols is 2. The third-order valence-electron chi connectivity index (χ3n) is 2.37. The molecule has 0 bridgehead atoms. The molecule has 4 nitrogen and oxygen atoms in total. The molecule has 0 saturated carbocycles. The predicted octanol–water partition coefficient (Wildman–Crippen LogP) is 4.07. The summed E-state index contributed by atoms with van der Waals surface area (Å²) in [4.78, 5) is 0. The lowest BCUT2D eigenvalue weighted by atomic mass is 10.2. The van der Waals surface area contributed by atoms with Gasteiger partial charge in [0.25, 0.3) is 0 Å².